The number of alkyl halides is 3. The summed E-state index contributed by atoms with van der Waals surface area (Å²) in [5, 5.41) is 5.93. The molecule has 0 bridgehead atoms. The van der Waals surface area contributed by atoms with Gasteiger partial charge in [0.15, 0.2) is 0 Å². The molecule has 21 heavy (non-hydrogen) atoms. The Morgan fingerprint density at radius 3 is 2.48 bits per heavy atom. The van der Waals surface area contributed by atoms with Gasteiger partial charge in [-0.25, -0.2) is 0 Å². The zero-order valence-electron chi connectivity index (χ0n) is 11.5. The van der Waals surface area contributed by atoms with Gasteiger partial charge in [-0.15, -0.1) is 13.2 Å². The highest BCUT2D eigenvalue weighted by Crippen LogP contribution is 2.24. The van der Waals surface area contributed by atoms with E-state index in [1.165, 1.54) is 24.3 Å². The maximum atomic E-state index is 12.0. The van der Waals surface area contributed by atoms with Crippen molar-refractivity contribution in [3.8, 4) is 5.75 Å². The number of hydrogen-bond donors (Lipinski definition) is 2. The SMILES string of the molecule is CC1CCC(C(=O)Nc2ccc(OC(F)(F)F)cc2)CN1. The Labute approximate surface area is 120 Å². The summed E-state index contributed by atoms with van der Waals surface area (Å²) < 4.78 is 39.8. The average molecular weight is 302 g/mol. The molecule has 1 aromatic rings. The van der Waals surface area contributed by atoms with Crippen LogP contribution in [0.15, 0.2) is 24.3 Å². The van der Waals surface area contributed by atoms with Crippen LogP contribution in [0, 0.1) is 5.92 Å². The first-order valence-corrected chi connectivity index (χ1v) is 6.73. The molecule has 1 fully saturated rings. The van der Waals surface area contributed by atoms with Gasteiger partial charge in [0, 0.05) is 18.3 Å². The highest BCUT2D eigenvalue weighted by Gasteiger charge is 2.31. The minimum absolute atomic E-state index is 0.118. The van der Waals surface area contributed by atoms with E-state index in [-0.39, 0.29) is 17.6 Å². The molecule has 1 aliphatic heterocycles. The zero-order valence-corrected chi connectivity index (χ0v) is 11.5. The minimum atomic E-state index is -4.71. The van der Waals surface area contributed by atoms with Crippen molar-refractivity contribution in [2.45, 2.75) is 32.2 Å². The second kappa shape index (κ2) is 6.34. The predicted molar refractivity (Wildman–Crippen MR) is 71.9 cm³/mol. The fourth-order valence-corrected chi connectivity index (χ4v) is 2.21. The summed E-state index contributed by atoms with van der Waals surface area (Å²) in [7, 11) is 0. The van der Waals surface area contributed by atoms with Crippen molar-refractivity contribution < 1.29 is 22.7 Å². The number of nitrogens with one attached hydrogen (secondary N) is 2. The number of hydrogen-bond acceptors (Lipinski definition) is 3. The predicted octanol–water partition coefficient (Wildman–Crippen LogP) is 2.91. The summed E-state index contributed by atoms with van der Waals surface area (Å²) in [6.45, 7) is 2.68. The van der Waals surface area contributed by atoms with E-state index >= 15 is 0 Å². The van der Waals surface area contributed by atoms with Crippen LogP contribution in [0.4, 0.5) is 18.9 Å². The number of benzene rings is 1. The van der Waals surface area contributed by atoms with Crippen LogP contribution in [0.25, 0.3) is 0 Å². The molecule has 2 unspecified atom stereocenters. The maximum absolute atomic E-state index is 12.0. The molecule has 1 aliphatic rings. The van der Waals surface area contributed by atoms with E-state index in [9.17, 15) is 18.0 Å². The Balaban J connectivity index is 1.89. The Morgan fingerprint density at radius 1 is 1.29 bits per heavy atom. The summed E-state index contributed by atoms with van der Waals surface area (Å²) >= 11 is 0. The number of carbonyl (C=O) groups is 1. The number of anilines is 1. The second-order valence-electron chi connectivity index (χ2n) is 5.15. The standard InChI is InChI=1S/C14H17F3N2O2/c1-9-2-3-10(8-18-9)13(20)19-11-4-6-12(7-5-11)21-14(15,16)17/h4-7,9-10,18H,2-3,8H2,1H3,(H,19,20). The van der Waals surface area contributed by atoms with E-state index in [0.29, 0.717) is 18.3 Å². The first-order chi connectivity index (χ1) is 9.83. The van der Waals surface area contributed by atoms with Crippen molar-refractivity contribution in [3.63, 3.8) is 0 Å². The van der Waals surface area contributed by atoms with Crippen LogP contribution in [0.2, 0.25) is 0 Å². The van der Waals surface area contributed by atoms with Crippen molar-refractivity contribution in [2.75, 3.05) is 11.9 Å². The first-order valence-electron chi connectivity index (χ1n) is 6.73. The second-order valence-corrected chi connectivity index (χ2v) is 5.15. The Bertz CT molecular complexity index is 480. The first kappa shape index (κ1) is 15.6. The molecule has 2 atom stereocenters. The normalized spacial score (nSPS) is 22.7. The molecule has 2 N–H and O–H groups in total. The van der Waals surface area contributed by atoms with E-state index in [1.807, 2.05) is 0 Å². The number of ether oxygens (including phenoxy) is 1. The summed E-state index contributed by atoms with van der Waals surface area (Å²) in [5.41, 5.74) is 0.452. The lowest BCUT2D eigenvalue weighted by Gasteiger charge is -2.26. The monoisotopic (exact) mass is 302 g/mol. The van der Waals surface area contributed by atoms with E-state index in [4.69, 9.17) is 0 Å². The third kappa shape index (κ3) is 4.93. The largest absolute Gasteiger partial charge is 0.573 e. The van der Waals surface area contributed by atoms with Crippen LogP contribution in [0.5, 0.6) is 5.75 Å². The quantitative estimate of drug-likeness (QED) is 0.902. The molecule has 116 valence electrons. The van der Waals surface area contributed by atoms with Crippen molar-refractivity contribution in [3.05, 3.63) is 24.3 Å². The minimum Gasteiger partial charge on any atom is -0.406 e. The maximum Gasteiger partial charge on any atom is 0.573 e. The van der Waals surface area contributed by atoms with E-state index in [1.54, 1.807) is 0 Å². The molecule has 2 rings (SSSR count). The van der Waals surface area contributed by atoms with Gasteiger partial charge in [0.1, 0.15) is 5.75 Å². The lowest BCUT2D eigenvalue weighted by Crippen LogP contribution is -2.41. The molecule has 0 radical (unpaired) electrons. The Kier molecular flexibility index (Phi) is 4.72. The molecule has 0 spiro atoms. The number of rotatable bonds is 3. The summed E-state index contributed by atoms with van der Waals surface area (Å²) in [4.78, 5) is 12.0. The van der Waals surface area contributed by atoms with Crippen molar-refractivity contribution in [1.29, 1.82) is 0 Å². The van der Waals surface area contributed by atoms with Gasteiger partial charge in [-0.1, -0.05) is 0 Å². The highest BCUT2D eigenvalue weighted by molar-refractivity contribution is 5.92. The van der Waals surface area contributed by atoms with Gasteiger partial charge in [-0.2, -0.15) is 0 Å². The van der Waals surface area contributed by atoms with Gasteiger partial charge in [0.05, 0.1) is 5.92 Å². The summed E-state index contributed by atoms with van der Waals surface area (Å²) in [5.74, 6) is -0.556. The summed E-state index contributed by atoms with van der Waals surface area (Å²) in [6.07, 6.45) is -2.99. The van der Waals surface area contributed by atoms with Gasteiger partial charge in [0.2, 0.25) is 5.91 Å². The number of halogens is 3. The number of carbonyl (C=O) groups excluding carboxylic acids is 1. The number of amides is 1. The molecule has 7 heteroatoms. The van der Waals surface area contributed by atoms with Gasteiger partial charge in [-0.3, -0.25) is 4.79 Å². The van der Waals surface area contributed by atoms with Gasteiger partial charge in [-0.05, 0) is 44.0 Å². The average Bonchev–Trinajstić information content (AvgIpc) is 2.40. The lowest BCUT2D eigenvalue weighted by atomic mass is 9.95. The molecule has 1 saturated heterocycles. The molecule has 1 amide bonds. The molecule has 0 saturated carbocycles. The van der Waals surface area contributed by atoms with Crippen molar-refractivity contribution >= 4 is 11.6 Å². The van der Waals surface area contributed by atoms with Crippen LogP contribution in [-0.4, -0.2) is 24.9 Å². The fourth-order valence-electron chi connectivity index (χ4n) is 2.21. The third-order valence-electron chi connectivity index (χ3n) is 3.39. The highest BCUT2D eigenvalue weighted by atomic mass is 19.4. The van der Waals surface area contributed by atoms with Gasteiger partial charge in [0.25, 0.3) is 0 Å². The van der Waals surface area contributed by atoms with Gasteiger partial charge >= 0.3 is 6.36 Å². The van der Waals surface area contributed by atoms with E-state index < -0.39 is 6.36 Å². The third-order valence-corrected chi connectivity index (χ3v) is 3.39. The van der Waals surface area contributed by atoms with Crippen LogP contribution >= 0.6 is 0 Å². The Hall–Kier alpha value is -1.76. The molecular formula is C14H17F3N2O2. The molecule has 0 aromatic heterocycles. The lowest BCUT2D eigenvalue weighted by molar-refractivity contribution is -0.274. The van der Waals surface area contributed by atoms with Crippen LogP contribution in [0.3, 0.4) is 0 Å². The molecule has 1 aromatic carbocycles. The topological polar surface area (TPSA) is 50.4 Å². The van der Waals surface area contributed by atoms with Crippen molar-refractivity contribution in [2.24, 2.45) is 5.92 Å². The molecular weight excluding hydrogens is 285 g/mol. The van der Waals surface area contributed by atoms with Crippen molar-refractivity contribution in [1.82, 2.24) is 5.32 Å². The van der Waals surface area contributed by atoms with Crippen LogP contribution in [-0.2, 0) is 4.79 Å². The van der Waals surface area contributed by atoms with E-state index in [0.717, 1.165) is 12.8 Å². The molecule has 4 nitrogen and oxygen atoms in total. The van der Waals surface area contributed by atoms with E-state index in [2.05, 4.69) is 22.3 Å². The van der Waals surface area contributed by atoms with Gasteiger partial charge < -0.3 is 15.4 Å². The number of piperidine rings is 1. The van der Waals surface area contributed by atoms with Crippen LogP contribution in [0.1, 0.15) is 19.8 Å². The smallest absolute Gasteiger partial charge is 0.406 e. The molecule has 0 aliphatic carbocycles. The Morgan fingerprint density at radius 2 is 1.95 bits per heavy atom. The zero-order chi connectivity index (χ0) is 15.5. The summed E-state index contributed by atoms with van der Waals surface area (Å²) in [6, 6.07) is 5.53. The fraction of sp³-hybridized carbons (Fsp3) is 0.500. The van der Waals surface area contributed by atoms with Crippen LogP contribution < -0.4 is 15.4 Å². The molecule has 1 heterocycles.